The van der Waals surface area contributed by atoms with Crippen LogP contribution in [0.5, 0.6) is 0 Å². The molecule has 0 spiro atoms. The van der Waals surface area contributed by atoms with E-state index in [1.807, 2.05) is 4.90 Å². The first-order chi connectivity index (χ1) is 14.9. The Bertz CT molecular complexity index is 959. The molecule has 0 saturated heterocycles. The molecule has 0 fully saturated rings. The molecule has 11 heteroatoms. The van der Waals surface area contributed by atoms with Gasteiger partial charge in [0, 0.05) is 30.0 Å². The van der Waals surface area contributed by atoms with Crippen LogP contribution in [0.2, 0.25) is 0 Å². The van der Waals surface area contributed by atoms with Crippen molar-refractivity contribution in [2.75, 3.05) is 23.4 Å². The number of halogens is 6. The number of anilines is 2. The van der Waals surface area contributed by atoms with E-state index in [1.165, 1.54) is 0 Å². The number of amides is 1. The van der Waals surface area contributed by atoms with Gasteiger partial charge in [0.05, 0.1) is 6.61 Å². The number of nitrogens with zero attached hydrogens (tertiary/aromatic N) is 1. The lowest BCUT2D eigenvalue weighted by Gasteiger charge is -2.32. The summed E-state index contributed by atoms with van der Waals surface area (Å²) in [7, 11) is 0. The molecule has 0 saturated carbocycles. The van der Waals surface area contributed by atoms with E-state index in [0.29, 0.717) is 36.3 Å². The number of alkyl halides is 6. The third-order valence-corrected chi connectivity index (χ3v) is 5.16. The first-order valence-corrected chi connectivity index (χ1v) is 9.63. The van der Waals surface area contributed by atoms with Crippen molar-refractivity contribution in [1.82, 2.24) is 0 Å². The van der Waals surface area contributed by atoms with Crippen LogP contribution < -0.4 is 10.2 Å². The maximum Gasteiger partial charge on any atom is 0.430 e. The Labute approximate surface area is 179 Å². The molecule has 0 radical (unpaired) electrons. The Morgan fingerprint density at radius 2 is 1.69 bits per heavy atom. The first-order valence-electron chi connectivity index (χ1n) is 9.63. The average Bonchev–Trinajstić information content (AvgIpc) is 3.08. The number of carbonyl (C=O) groups is 1. The standard InChI is InChI=1S/C21H20F6N2O3/c1-2-32-18(30)28-16-7-8-17-14(11-16)9-10-29(17)12-13-3-5-15(6-4-13)19(31,20(22,23)24)21(25,26)27/h3-8,11,31H,2,9-10,12H2,1H3,(H,28,30). The fourth-order valence-corrected chi connectivity index (χ4v) is 3.56. The molecule has 0 aliphatic carbocycles. The summed E-state index contributed by atoms with van der Waals surface area (Å²) in [5.74, 6) is 0. The summed E-state index contributed by atoms with van der Waals surface area (Å²) in [4.78, 5) is 13.5. The molecule has 1 aliphatic heterocycles. The topological polar surface area (TPSA) is 61.8 Å². The highest BCUT2D eigenvalue weighted by molar-refractivity contribution is 5.85. The number of hydrogen-bond acceptors (Lipinski definition) is 4. The summed E-state index contributed by atoms with van der Waals surface area (Å²) in [5, 5.41) is 12.1. The maximum atomic E-state index is 13.0. The fourth-order valence-electron chi connectivity index (χ4n) is 3.56. The Hall–Kier alpha value is -2.95. The molecule has 2 aromatic rings. The molecular formula is C21H20F6N2O3. The zero-order chi connectivity index (χ0) is 23.7. The summed E-state index contributed by atoms with van der Waals surface area (Å²) >= 11 is 0. The van der Waals surface area contributed by atoms with Crippen LogP contribution in [-0.4, -0.2) is 36.7 Å². The van der Waals surface area contributed by atoms with E-state index in [2.05, 4.69) is 5.32 Å². The molecule has 2 aromatic carbocycles. The summed E-state index contributed by atoms with van der Waals surface area (Å²) in [6, 6.07) is 8.76. The molecule has 0 bridgehead atoms. The van der Waals surface area contributed by atoms with Gasteiger partial charge < -0.3 is 14.7 Å². The molecule has 32 heavy (non-hydrogen) atoms. The van der Waals surface area contributed by atoms with Crippen molar-refractivity contribution in [1.29, 1.82) is 0 Å². The highest BCUT2D eigenvalue weighted by Gasteiger charge is 2.71. The van der Waals surface area contributed by atoms with Crippen LogP contribution in [-0.2, 0) is 23.3 Å². The van der Waals surface area contributed by atoms with E-state index >= 15 is 0 Å². The zero-order valence-corrected chi connectivity index (χ0v) is 16.8. The average molecular weight is 462 g/mol. The summed E-state index contributed by atoms with van der Waals surface area (Å²) in [6.07, 6.45) is -11.8. The van der Waals surface area contributed by atoms with E-state index in [0.717, 1.165) is 23.4 Å². The lowest BCUT2D eigenvalue weighted by atomic mass is 9.91. The second kappa shape index (κ2) is 8.53. The number of aliphatic hydroxyl groups is 1. The van der Waals surface area contributed by atoms with Gasteiger partial charge in [-0.15, -0.1) is 0 Å². The molecule has 1 aliphatic rings. The van der Waals surface area contributed by atoms with Crippen LogP contribution in [0.4, 0.5) is 42.5 Å². The van der Waals surface area contributed by atoms with Gasteiger partial charge in [0.1, 0.15) is 0 Å². The normalized spacial score (nSPS) is 14.3. The summed E-state index contributed by atoms with van der Waals surface area (Å²) in [5.41, 5.74) is -3.45. The number of fused-ring (bicyclic) bond motifs is 1. The number of carbonyl (C=O) groups excluding carboxylic acids is 1. The van der Waals surface area contributed by atoms with Gasteiger partial charge in [-0.3, -0.25) is 5.32 Å². The van der Waals surface area contributed by atoms with Crippen LogP contribution in [0.25, 0.3) is 0 Å². The van der Waals surface area contributed by atoms with Crippen molar-refractivity contribution in [3.63, 3.8) is 0 Å². The maximum absolute atomic E-state index is 13.0. The smallest absolute Gasteiger partial charge is 0.430 e. The van der Waals surface area contributed by atoms with Gasteiger partial charge in [0.25, 0.3) is 5.60 Å². The molecule has 0 atom stereocenters. The molecular weight excluding hydrogens is 442 g/mol. The first kappa shape index (κ1) is 23.7. The molecule has 5 nitrogen and oxygen atoms in total. The fraction of sp³-hybridized carbons (Fsp3) is 0.381. The molecule has 2 N–H and O–H groups in total. The van der Waals surface area contributed by atoms with Gasteiger partial charge in [-0.25, -0.2) is 4.79 Å². The number of rotatable bonds is 5. The number of nitrogens with one attached hydrogen (secondary N) is 1. The van der Waals surface area contributed by atoms with Crippen LogP contribution in [0, 0.1) is 0 Å². The van der Waals surface area contributed by atoms with Crippen molar-refractivity contribution in [3.8, 4) is 0 Å². The number of benzene rings is 2. The van der Waals surface area contributed by atoms with Crippen molar-refractivity contribution >= 4 is 17.5 Å². The van der Waals surface area contributed by atoms with Gasteiger partial charge in [-0.2, -0.15) is 26.3 Å². The highest BCUT2D eigenvalue weighted by Crippen LogP contribution is 2.50. The second-order valence-corrected chi connectivity index (χ2v) is 7.26. The molecule has 174 valence electrons. The van der Waals surface area contributed by atoms with Crippen molar-refractivity contribution in [2.45, 2.75) is 37.8 Å². The van der Waals surface area contributed by atoms with Crippen LogP contribution in [0.15, 0.2) is 42.5 Å². The Balaban J connectivity index is 1.76. The van der Waals surface area contributed by atoms with E-state index in [-0.39, 0.29) is 13.2 Å². The van der Waals surface area contributed by atoms with Crippen LogP contribution in [0.3, 0.4) is 0 Å². The van der Waals surface area contributed by atoms with E-state index < -0.39 is 29.6 Å². The molecule has 3 rings (SSSR count). The Morgan fingerprint density at radius 1 is 1.06 bits per heavy atom. The largest absolute Gasteiger partial charge is 0.450 e. The van der Waals surface area contributed by atoms with Gasteiger partial charge in [0.2, 0.25) is 0 Å². The second-order valence-electron chi connectivity index (χ2n) is 7.26. The van der Waals surface area contributed by atoms with E-state index in [9.17, 15) is 36.2 Å². The van der Waals surface area contributed by atoms with Crippen molar-refractivity contribution in [2.24, 2.45) is 0 Å². The molecule has 0 unspecified atom stereocenters. The Morgan fingerprint density at radius 3 is 2.25 bits per heavy atom. The van der Waals surface area contributed by atoms with Crippen molar-refractivity contribution in [3.05, 3.63) is 59.2 Å². The highest BCUT2D eigenvalue weighted by atomic mass is 19.4. The Kier molecular flexibility index (Phi) is 6.32. The minimum absolute atomic E-state index is 0.229. The van der Waals surface area contributed by atoms with Crippen molar-refractivity contribution < 1.29 is 41.0 Å². The third kappa shape index (κ3) is 4.47. The molecule has 1 heterocycles. The predicted molar refractivity (Wildman–Crippen MR) is 104 cm³/mol. The zero-order valence-electron chi connectivity index (χ0n) is 16.8. The van der Waals surface area contributed by atoms with Gasteiger partial charge in [-0.1, -0.05) is 24.3 Å². The monoisotopic (exact) mass is 462 g/mol. The minimum Gasteiger partial charge on any atom is -0.450 e. The van der Waals surface area contributed by atoms with Crippen LogP contribution in [0.1, 0.15) is 23.6 Å². The number of hydrogen-bond donors (Lipinski definition) is 2. The summed E-state index contributed by atoms with van der Waals surface area (Å²) < 4.78 is 83.0. The third-order valence-electron chi connectivity index (χ3n) is 5.16. The lowest BCUT2D eigenvalue weighted by Crippen LogP contribution is -2.53. The van der Waals surface area contributed by atoms with E-state index in [4.69, 9.17) is 4.74 Å². The quantitative estimate of drug-likeness (QED) is 0.605. The summed E-state index contributed by atoms with van der Waals surface area (Å²) in [6.45, 7) is 2.73. The molecule has 1 amide bonds. The van der Waals surface area contributed by atoms with Crippen LogP contribution >= 0.6 is 0 Å². The number of ether oxygens (including phenoxy) is 1. The van der Waals surface area contributed by atoms with Gasteiger partial charge in [0.15, 0.2) is 0 Å². The minimum atomic E-state index is -5.92. The van der Waals surface area contributed by atoms with Gasteiger partial charge >= 0.3 is 18.4 Å². The lowest BCUT2D eigenvalue weighted by molar-refractivity contribution is -0.376. The SMILES string of the molecule is CCOC(=O)Nc1ccc2c(c1)CCN2Cc1ccc(C(O)(C(F)(F)F)C(F)(F)F)cc1. The molecule has 0 aromatic heterocycles. The van der Waals surface area contributed by atoms with E-state index in [1.54, 1.807) is 25.1 Å². The predicted octanol–water partition coefficient (Wildman–Crippen LogP) is 5.13. The van der Waals surface area contributed by atoms with Gasteiger partial charge in [-0.05, 0) is 42.7 Å².